The van der Waals surface area contributed by atoms with Crippen LogP contribution >= 0.6 is 0 Å². The Labute approximate surface area is 226 Å². The van der Waals surface area contributed by atoms with Crippen molar-refractivity contribution in [3.63, 3.8) is 0 Å². The van der Waals surface area contributed by atoms with Crippen LogP contribution in [0.4, 0.5) is 0 Å². The third-order valence-electron chi connectivity index (χ3n) is 7.80. The summed E-state index contributed by atoms with van der Waals surface area (Å²) in [5.41, 5.74) is 11.9. The Bertz CT molecular complexity index is 1950. The first-order valence-electron chi connectivity index (χ1n) is 13.4. The third kappa shape index (κ3) is 3.66. The summed E-state index contributed by atoms with van der Waals surface area (Å²) in [5.74, 6) is 0.662. The van der Waals surface area contributed by atoms with Gasteiger partial charge in [-0.05, 0) is 59.4 Å². The summed E-state index contributed by atoms with van der Waals surface area (Å²) >= 11 is 0. The van der Waals surface area contributed by atoms with Crippen LogP contribution in [0.2, 0.25) is 0 Å². The normalized spacial score (nSPS) is 12.4. The van der Waals surface area contributed by atoms with Crippen molar-refractivity contribution in [2.24, 2.45) is 0 Å². The topological polar surface area (TPSA) is 38.9 Å². The van der Waals surface area contributed by atoms with E-state index in [9.17, 15) is 0 Å². The summed E-state index contributed by atoms with van der Waals surface area (Å²) in [6.07, 6.45) is 2.11. The fourth-order valence-corrected chi connectivity index (χ4v) is 5.87. The molecule has 2 aromatic heterocycles. The zero-order chi connectivity index (χ0) is 25.8. The molecule has 0 aliphatic heterocycles. The average molecular weight is 501 g/mol. The van der Waals surface area contributed by atoms with Crippen LogP contribution in [0.25, 0.3) is 67.0 Å². The zero-order valence-corrected chi connectivity index (χ0v) is 21.3. The van der Waals surface area contributed by atoms with Gasteiger partial charge >= 0.3 is 0 Å². The van der Waals surface area contributed by atoms with Gasteiger partial charge in [0, 0.05) is 21.9 Å². The molecule has 0 bridgehead atoms. The molecule has 1 aliphatic carbocycles. The van der Waals surface area contributed by atoms with Crippen molar-refractivity contribution in [3.8, 4) is 45.0 Å². The maximum atomic E-state index is 6.63. The molecule has 0 atom stereocenters. The third-order valence-corrected chi connectivity index (χ3v) is 7.80. The van der Waals surface area contributed by atoms with Crippen LogP contribution in [-0.4, -0.2) is 9.97 Å². The van der Waals surface area contributed by atoms with Crippen LogP contribution in [-0.2, 0) is 12.8 Å². The Kier molecular flexibility index (Phi) is 4.95. The molecule has 5 aromatic carbocycles. The molecule has 0 saturated heterocycles. The number of hydrogen-bond donors (Lipinski definition) is 0. The Morgan fingerprint density at radius 1 is 0.487 bits per heavy atom. The summed E-state index contributed by atoms with van der Waals surface area (Å²) in [7, 11) is 0. The predicted octanol–water partition coefficient (Wildman–Crippen LogP) is 9.14. The Morgan fingerprint density at radius 2 is 1.13 bits per heavy atom. The Balaban J connectivity index is 1.36. The molecule has 0 fully saturated rings. The second-order valence-corrected chi connectivity index (χ2v) is 10.1. The maximum Gasteiger partial charge on any atom is 0.164 e. The van der Waals surface area contributed by atoms with E-state index in [1.165, 1.54) is 22.3 Å². The maximum absolute atomic E-state index is 6.63. The summed E-state index contributed by atoms with van der Waals surface area (Å²) < 4.78 is 6.63. The molecule has 39 heavy (non-hydrogen) atoms. The minimum Gasteiger partial charge on any atom is -0.455 e. The monoisotopic (exact) mass is 500 g/mol. The SMILES string of the molecule is c1ccc(-c2cc(-c3ccccc3)nc(-c3cccc4c3oc3cc5c(cc34)CCc3ccccc3-5)n2)cc1. The van der Waals surface area contributed by atoms with E-state index in [1.54, 1.807) is 0 Å². The van der Waals surface area contributed by atoms with Crippen molar-refractivity contribution in [2.45, 2.75) is 12.8 Å². The van der Waals surface area contributed by atoms with E-state index >= 15 is 0 Å². The quantitative estimate of drug-likeness (QED) is 0.243. The molecule has 3 nitrogen and oxygen atoms in total. The highest BCUT2D eigenvalue weighted by atomic mass is 16.3. The van der Waals surface area contributed by atoms with Crippen LogP contribution in [0.1, 0.15) is 11.1 Å². The number of hydrogen-bond acceptors (Lipinski definition) is 3. The first kappa shape index (κ1) is 22.0. The molecule has 0 N–H and O–H groups in total. The largest absolute Gasteiger partial charge is 0.455 e. The van der Waals surface area contributed by atoms with Crippen molar-refractivity contribution in [2.75, 3.05) is 0 Å². The number of fused-ring (bicyclic) bond motifs is 6. The molecule has 0 unspecified atom stereocenters. The highest BCUT2D eigenvalue weighted by Crippen LogP contribution is 2.41. The van der Waals surface area contributed by atoms with Gasteiger partial charge in [0.05, 0.1) is 17.0 Å². The molecule has 7 aromatic rings. The van der Waals surface area contributed by atoms with E-state index < -0.39 is 0 Å². The van der Waals surface area contributed by atoms with E-state index in [-0.39, 0.29) is 0 Å². The predicted molar refractivity (Wildman–Crippen MR) is 158 cm³/mol. The van der Waals surface area contributed by atoms with Gasteiger partial charge in [0.15, 0.2) is 5.82 Å². The zero-order valence-electron chi connectivity index (χ0n) is 21.3. The fraction of sp³-hybridized carbons (Fsp3) is 0.0556. The van der Waals surface area contributed by atoms with Gasteiger partial charge < -0.3 is 4.42 Å². The lowest BCUT2D eigenvalue weighted by molar-refractivity contribution is 0.669. The minimum absolute atomic E-state index is 0.662. The highest BCUT2D eigenvalue weighted by molar-refractivity contribution is 6.10. The Morgan fingerprint density at radius 3 is 1.87 bits per heavy atom. The van der Waals surface area contributed by atoms with Crippen LogP contribution in [0.15, 0.2) is 126 Å². The molecular formula is C36H24N2O. The summed E-state index contributed by atoms with van der Waals surface area (Å²) in [6.45, 7) is 0. The van der Waals surface area contributed by atoms with Crippen LogP contribution in [0, 0.1) is 0 Å². The highest BCUT2D eigenvalue weighted by Gasteiger charge is 2.21. The van der Waals surface area contributed by atoms with E-state index in [2.05, 4.69) is 84.9 Å². The van der Waals surface area contributed by atoms with Gasteiger partial charge in [-0.15, -0.1) is 0 Å². The van der Waals surface area contributed by atoms with Crippen molar-refractivity contribution >= 4 is 21.9 Å². The number of aryl methyl sites for hydroxylation is 2. The standard InChI is InChI=1S/C36H24N2O/c1-3-11-24(12-4-1)32-22-33(25-13-5-2-6-14-25)38-36(37-32)29-17-9-16-28-31-20-26-19-18-23-10-7-8-15-27(23)30(26)21-34(31)39-35(28)29/h1-17,20-22H,18-19H2. The fourth-order valence-electron chi connectivity index (χ4n) is 5.87. The smallest absolute Gasteiger partial charge is 0.164 e. The minimum atomic E-state index is 0.662. The van der Waals surface area contributed by atoms with E-state index in [0.29, 0.717) is 5.82 Å². The Hall–Kier alpha value is -5.02. The van der Waals surface area contributed by atoms with E-state index in [4.69, 9.17) is 14.4 Å². The number of benzene rings is 5. The van der Waals surface area contributed by atoms with Crippen molar-refractivity contribution in [1.82, 2.24) is 9.97 Å². The van der Waals surface area contributed by atoms with Crippen LogP contribution in [0.5, 0.6) is 0 Å². The molecule has 3 heteroatoms. The molecule has 0 amide bonds. The molecule has 0 radical (unpaired) electrons. The van der Waals surface area contributed by atoms with Crippen LogP contribution in [0.3, 0.4) is 0 Å². The second-order valence-electron chi connectivity index (χ2n) is 10.1. The van der Waals surface area contributed by atoms with E-state index in [1.807, 2.05) is 36.4 Å². The van der Waals surface area contributed by atoms with Crippen molar-refractivity contribution in [1.29, 1.82) is 0 Å². The summed E-state index contributed by atoms with van der Waals surface area (Å²) in [6, 6.07) is 42.2. The summed E-state index contributed by atoms with van der Waals surface area (Å²) in [5, 5.41) is 2.24. The number of furan rings is 1. The number of nitrogens with zero attached hydrogens (tertiary/aromatic N) is 2. The van der Waals surface area contributed by atoms with Gasteiger partial charge in [-0.3, -0.25) is 0 Å². The molecule has 2 heterocycles. The average Bonchev–Trinajstić information content (AvgIpc) is 3.38. The van der Waals surface area contributed by atoms with Gasteiger partial charge in [0.25, 0.3) is 0 Å². The number of rotatable bonds is 3. The summed E-state index contributed by atoms with van der Waals surface area (Å²) in [4.78, 5) is 10.1. The van der Waals surface area contributed by atoms with Crippen LogP contribution < -0.4 is 0 Å². The molecule has 184 valence electrons. The van der Waals surface area contributed by atoms with E-state index in [0.717, 1.165) is 62.9 Å². The number of para-hydroxylation sites is 1. The lowest BCUT2D eigenvalue weighted by Gasteiger charge is -2.19. The number of aromatic nitrogens is 2. The lowest BCUT2D eigenvalue weighted by Crippen LogP contribution is -2.03. The van der Waals surface area contributed by atoms with Gasteiger partial charge in [-0.2, -0.15) is 0 Å². The molecule has 0 spiro atoms. The first-order chi connectivity index (χ1) is 19.3. The molecule has 1 aliphatic rings. The van der Waals surface area contributed by atoms with Gasteiger partial charge in [0.2, 0.25) is 0 Å². The van der Waals surface area contributed by atoms with Gasteiger partial charge in [0.1, 0.15) is 11.2 Å². The molecular weight excluding hydrogens is 476 g/mol. The second kappa shape index (κ2) is 8.78. The van der Waals surface area contributed by atoms with Gasteiger partial charge in [-0.25, -0.2) is 9.97 Å². The van der Waals surface area contributed by atoms with Crippen molar-refractivity contribution < 1.29 is 4.42 Å². The first-order valence-corrected chi connectivity index (χ1v) is 13.4. The van der Waals surface area contributed by atoms with Gasteiger partial charge in [-0.1, -0.05) is 97.1 Å². The van der Waals surface area contributed by atoms with Crippen molar-refractivity contribution in [3.05, 3.63) is 132 Å². The molecule has 0 saturated carbocycles. The molecule has 8 rings (SSSR count). The lowest BCUT2D eigenvalue weighted by atomic mass is 9.85.